The fourth-order valence-corrected chi connectivity index (χ4v) is 5.48. The van der Waals surface area contributed by atoms with Crippen LogP contribution in [0.15, 0.2) is 77.7 Å². The molecule has 0 bridgehead atoms. The first-order chi connectivity index (χ1) is 17.5. The van der Waals surface area contributed by atoms with Crippen LogP contribution in [-0.2, 0) is 26.0 Å². The summed E-state index contributed by atoms with van der Waals surface area (Å²) in [5, 5.41) is 2.96. The van der Waals surface area contributed by atoms with Crippen molar-refractivity contribution in [2.24, 2.45) is 0 Å². The highest BCUT2D eigenvalue weighted by Gasteiger charge is 2.32. The first kappa shape index (κ1) is 28.5. The van der Waals surface area contributed by atoms with Gasteiger partial charge in [-0.3, -0.25) is 13.9 Å². The van der Waals surface area contributed by atoms with Crippen LogP contribution in [-0.4, -0.2) is 51.3 Å². The van der Waals surface area contributed by atoms with E-state index >= 15 is 0 Å². The molecule has 0 unspecified atom stereocenters. The Labute approximate surface area is 228 Å². The Morgan fingerprint density at radius 3 is 2.19 bits per heavy atom. The lowest BCUT2D eigenvalue weighted by molar-refractivity contribution is -0.138. The molecule has 7 nitrogen and oxygen atoms in total. The molecule has 1 atom stereocenters. The molecule has 0 spiro atoms. The summed E-state index contributed by atoms with van der Waals surface area (Å²) in [5.74, 6) is -0.891. The summed E-state index contributed by atoms with van der Waals surface area (Å²) in [5.41, 5.74) is 2.06. The maximum absolute atomic E-state index is 13.7. The fourth-order valence-electron chi connectivity index (χ4n) is 3.79. The Kier molecular flexibility index (Phi) is 9.59. The van der Waals surface area contributed by atoms with Gasteiger partial charge in [-0.05, 0) is 56.2 Å². The molecule has 0 aliphatic carbocycles. The Balaban J connectivity index is 2.00. The maximum Gasteiger partial charge on any atom is 0.264 e. The molecule has 0 aromatic heterocycles. The number of sulfonamides is 1. The van der Waals surface area contributed by atoms with Crippen molar-refractivity contribution in [3.8, 4) is 0 Å². The van der Waals surface area contributed by atoms with Crippen LogP contribution in [0, 0.1) is 6.92 Å². The number of nitrogens with zero attached hydrogens (tertiary/aromatic N) is 2. The molecule has 0 aliphatic heterocycles. The van der Waals surface area contributed by atoms with Gasteiger partial charge in [0.1, 0.15) is 12.6 Å². The molecule has 10 heteroatoms. The van der Waals surface area contributed by atoms with Crippen molar-refractivity contribution < 1.29 is 18.0 Å². The number of hydrogen-bond acceptors (Lipinski definition) is 4. The number of anilines is 1. The predicted molar refractivity (Wildman–Crippen MR) is 148 cm³/mol. The molecule has 2 amide bonds. The van der Waals surface area contributed by atoms with Crippen LogP contribution in [0.25, 0.3) is 0 Å². The summed E-state index contributed by atoms with van der Waals surface area (Å²) in [6.07, 6.45) is 0.491. The lowest BCUT2D eigenvalue weighted by atomic mass is 10.1. The molecule has 0 saturated heterocycles. The average Bonchev–Trinajstić information content (AvgIpc) is 2.89. The van der Waals surface area contributed by atoms with Crippen LogP contribution >= 0.6 is 23.2 Å². The standard InChI is InChI=1S/C27H29Cl2N3O4S/c1-19-9-12-23(13-10-19)37(35,36)32(22-11-14-24(28)25(29)17-22)18-26(33)31(20(2)27(34)30-3)16-15-21-7-5-4-6-8-21/h4-14,17,20H,15-16,18H2,1-3H3,(H,30,34)/t20-/m0/s1. The monoisotopic (exact) mass is 561 g/mol. The molecule has 0 saturated carbocycles. The number of carbonyl (C=O) groups excluding carboxylic acids is 2. The third kappa shape index (κ3) is 7.03. The zero-order valence-electron chi connectivity index (χ0n) is 20.8. The van der Waals surface area contributed by atoms with E-state index in [2.05, 4.69) is 5.32 Å². The Hall–Kier alpha value is -3.07. The van der Waals surface area contributed by atoms with Crippen molar-refractivity contribution in [1.29, 1.82) is 0 Å². The minimum atomic E-state index is -4.16. The van der Waals surface area contributed by atoms with Gasteiger partial charge in [-0.2, -0.15) is 0 Å². The van der Waals surface area contributed by atoms with Gasteiger partial charge in [0.05, 0.1) is 20.6 Å². The summed E-state index contributed by atoms with van der Waals surface area (Å²) in [6.45, 7) is 3.14. The number of rotatable bonds is 10. The smallest absolute Gasteiger partial charge is 0.264 e. The predicted octanol–water partition coefficient (Wildman–Crippen LogP) is 4.70. The quantitative estimate of drug-likeness (QED) is 0.388. The summed E-state index contributed by atoms with van der Waals surface area (Å²) in [4.78, 5) is 27.6. The molecule has 0 radical (unpaired) electrons. The average molecular weight is 563 g/mol. The molecule has 1 N–H and O–H groups in total. The first-order valence-corrected chi connectivity index (χ1v) is 13.8. The van der Waals surface area contributed by atoms with Crippen molar-refractivity contribution in [3.63, 3.8) is 0 Å². The minimum Gasteiger partial charge on any atom is -0.357 e. The molecule has 37 heavy (non-hydrogen) atoms. The molecule has 3 aromatic rings. The van der Waals surface area contributed by atoms with Gasteiger partial charge in [0.2, 0.25) is 11.8 Å². The van der Waals surface area contributed by atoms with E-state index < -0.39 is 28.5 Å². The number of nitrogens with one attached hydrogen (secondary N) is 1. The van der Waals surface area contributed by atoms with Crippen LogP contribution in [0.2, 0.25) is 10.0 Å². The fraction of sp³-hybridized carbons (Fsp3) is 0.259. The SMILES string of the molecule is CNC(=O)[C@H](C)N(CCc1ccccc1)C(=O)CN(c1ccc(Cl)c(Cl)c1)S(=O)(=O)c1ccc(C)cc1. The van der Waals surface area contributed by atoms with E-state index in [4.69, 9.17) is 23.2 Å². The van der Waals surface area contributed by atoms with E-state index in [9.17, 15) is 18.0 Å². The van der Waals surface area contributed by atoms with Crippen molar-refractivity contribution in [2.75, 3.05) is 24.4 Å². The molecule has 196 valence electrons. The summed E-state index contributed by atoms with van der Waals surface area (Å²) in [6, 6.07) is 19.4. The highest BCUT2D eigenvalue weighted by atomic mass is 35.5. The van der Waals surface area contributed by atoms with E-state index in [1.807, 2.05) is 37.3 Å². The normalized spacial score (nSPS) is 12.0. The Bertz CT molecular complexity index is 1350. The van der Waals surface area contributed by atoms with Gasteiger partial charge in [-0.15, -0.1) is 0 Å². The van der Waals surface area contributed by atoms with Gasteiger partial charge in [-0.25, -0.2) is 8.42 Å². The van der Waals surface area contributed by atoms with Crippen LogP contribution in [0.1, 0.15) is 18.1 Å². The number of halogens is 2. The van der Waals surface area contributed by atoms with E-state index in [0.717, 1.165) is 15.4 Å². The number of carbonyl (C=O) groups is 2. The lowest BCUT2D eigenvalue weighted by Crippen LogP contribution is -2.51. The number of likely N-dealkylation sites (N-methyl/N-ethyl adjacent to an activating group) is 1. The van der Waals surface area contributed by atoms with Gasteiger partial charge in [0.15, 0.2) is 0 Å². The molecule has 0 aliphatic rings. The molecule has 0 heterocycles. The second kappa shape index (κ2) is 12.4. The van der Waals surface area contributed by atoms with Crippen molar-refractivity contribution in [3.05, 3.63) is 94.0 Å². The highest BCUT2D eigenvalue weighted by molar-refractivity contribution is 7.92. The van der Waals surface area contributed by atoms with Crippen LogP contribution in [0.4, 0.5) is 5.69 Å². The lowest BCUT2D eigenvalue weighted by Gasteiger charge is -2.31. The van der Waals surface area contributed by atoms with Gasteiger partial charge in [-0.1, -0.05) is 71.2 Å². The number of benzene rings is 3. The summed E-state index contributed by atoms with van der Waals surface area (Å²) in [7, 11) is -2.68. The van der Waals surface area contributed by atoms with Crippen molar-refractivity contribution >= 4 is 50.7 Å². The number of hydrogen-bond donors (Lipinski definition) is 1. The zero-order chi connectivity index (χ0) is 27.2. The zero-order valence-corrected chi connectivity index (χ0v) is 23.1. The number of amides is 2. The van der Waals surface area contributed by atoms with Gasteiger partial charge < -0.3 is 10.2 Å². The Morgan fingerprint density at radius 1 is 0.946 bits per heavy atom. The molecule has 0 fully saturated rings. The largest absolute Gasteiger partial charge is 0.357 e. The molecule has 3 aromatic carbocycles. The third-order valence-electron chi connectivity index (χ3n) is 5.98. The van der Waals surface area contributed by atoms with Crippen LogP contribution in [0.3, 0.4) is 0 Å². The van der Waals surface area contributed by atoms with E-state index in [0.29, 0.717) is 6.42 Å². The third-order valence-corrected chi connectivity index (χ3v) is 8.50. The summed E-state index contributed by atoms with van der Waals surface area (Å²) < 4.78 is 28.5. The first-order valence-electron chi connectivity index (χ1n) is 11.6. The van der Waals surface area contributed by atoms with Crippen LogP contribution in [0.5, 0.6) is 0 Å². The van der Waals surface area contributed by atoms with Crippen molar-refractivity contribution in [2.45, 2.75) is 31.2 Å². The summed E-state index contributed by atoms with van der Waals surface area (Å²) >= 11 is 12.3. The maximum atomic E-state index is 13.7. The van der Waals surface area contributed by atoms with E-state index in [1.54, 1.807) is 19.1 Å². The topological polar surface area (TPSA) is 86.8 Å². The van der Waals surface area contributed by atoms with Gasteiger partial charge in [0, 0.05) is 13.6 Å². The van der Waals surface area contributed by atoms with Crippen LogP contribution < -0.4 is 9.62 Å². The van der Waals surface area contributed by atoms with Crippen molar-refractivity contribution in [1.82, 2.24) is 10.2 Å². The van der Waals surface area contributed by atoms with E-state index in [1.165, 1.54) is 42.3 Å². The molecular formula is C27H29Cl2N3O4S. The molecular weight excluding hydrogens is 533 g/mol. The Morgan fingerprint density at radius 2 is 1.59 bits per heavy atom. The minimum absolute atomic E-state index is 0.0205. The second-order valence-corrected chi connectivity index (χ2v) is 11.2. The number of aryl methyl sites for hydroxylation is 1. The highest BCUT2D eigenvalue weighted by Crippen LogP contribution is 2.31. The van der Waals surface area contributed by atoms with Gasteiger partial charge in [0.25, 0.3) is 10.0 Å². The van der Waals surface area contributed by atoms with E-state index in [-0.39, 0.29) is 33.1 Å². The van der Waals surface area contributed by atoms with Gasteiger partial charge >= 0.3 is 0 Å². The molecule has 3 rings (SSSR count). The second-order valence-electron chi connectivity index (χ2n) is 8.54.